The topological polar surface area (TPSA) is 246 Å². The number of carbonyl (C=O) groups excluding carboxylic acids is 8. The number of aryl methyl sites for hydroxylation is 2. The van der Waals surface area contributed by atoms with Crippen molar-refractivity contribution in [3.05, 3.63) is 70.8 Å². The van der Waals surface area contributed by atoms with Crippen LogP contribution in [0.1, 0.15) is 189 Å². The van der Waals surface area contributed by atoms with Crippen molar-refractivity contribution in [2.75, 3.05) is 66.5 Å². The lowest BCUT2D eigenvalue weighted by Crippen LogP contribution is -2.65. The summed E-state index contributed by atoms with van der Waals surface area (Å²) in [7, 11) is 3.41. The Morgan fingerprint density at radius 1 is 0.488 bits per heavy atom. The fourth-order valence-corrected chi connectivity index (χ4v) is 13.9. The summed E-state index contributed by atoms with van der Waals surface area (Å²) in [6, 6.07) is 12.7. The number of unbranched alkanes of at least 4 members (excludes halogenated alkanes) is 7. The number of rotatable bonds is 31. The van der Waals surface area contributed by atoms with Crippen LogP contribution in [0.5, 0.6) is 0 Å². The minimum absolute atomic E-state index is 0.0123. The van der Waals surface area contributed by atoms with Crippen molar-refractivity contribution in [2.45, 2.75) is 228 Å². The molecule has 4 saturated heterocycles. The number of piperazine rings is 2. The second-order valence-electron chi connectivity index (χ2n) is 25.4. The lowest BCUT2D eigenvalue weighted by atomic mass is 9.87. The third kappa shape index (κ3) is 18.3. The monoisotopic (exact) mass is 1190 g/mol. The number of hydrogen-bond donors (Lipinski definition) is 8. The molecule has 474 valence electrons. The first kappa shape index (κ1) is 66.0. The molecule has 0 aromatic heterocycles. The van der Waals surface area contributed by atoms with Crippen molar-refractivity contribution >= 4 is 47.3 Å². The summed E-state index contributed by atoms with van der Waals surface area (Å²) in [6.07, 6.45) is 19.0. The Kier molecular flexibility index (Phi) is 25.6. The molecule has 8 amide bonds. The minimum atomic E-state index is -0.808. The van der Waals surface area contributed by atoms with Crippen LogP contribution in [0.15, 0.2) is 48.5 Å². The second-order valence-corrected chi connectivity index (χ2v) is 25.4. The zero-order valence-corrected chi connectivity index (χ0v) is 52.1. The van der Waals surface area contributed by atoms with E-state index in [0.29, 0.717) is 90.6 Å². The Morgan fingerprint density at radius 3 is 1.31 bits per heavy atom. The van der Waals surface area contributed by atoms with E-state index >= 15 is 0 Å². The van der Waals surface area contributed by atoms with Gasteiger partial charge in [-0.15, -0.1) is 0 Å². The van der Waals surface area contributed by atoms with Crippen LogP contribution in [0.4, 0.5) is 0 Å². The fraction of sp³-hybridized carbons (Fsp3) is 0.697. The van der Waals surface area contributed by atoms with Crippen LogP contribution < -0.4 is 42.5 Å². The number of hydrogen-bond acceptors (Lipinski definition) is 12. The normalized spacial score (nSPS) is 23.3. The van der Waals surface area contributed by atoms with Gasteiger partial charge in [0.1, 0.15) is 24.2 Å². The van der Waals surface area contributed by atoms with Crippen LogP contribution in [-0.2, 0) is 51.2 Å². The Morgan fingerprint density at radius 2 is 0.895 bits per heavy atom. The zero-order chi connectivity index (χ0) is 61.0. The van der Waals surface area contributed by atoms with Gasteiger partial charge in [0.05, 0.1) is 24.2 Å². The van der Waals surface area contributed by atoms with Crippen molar-refractivity contribution in [3.63, 3.8) is 0 Å². The van der Waals surface area contributed by atoms with Crippen molar-refractivity contribution in [3.8, 4) is 0 Å². The van der Waals surface area contributed by atoms with Gasteiger partial charge in [0.15, 0.2) is 0 Å². The Bertz CT molecular complexity index is 2430. The van der Waals surface area contributed by atoms with Crippen molar-refractivity contribution in [1.82, 2.24) is 62.1 Å². The molecule has 0 bridgehead atoms. The van der Waals surface area contributed by atoms with E-state index in [1.165, 1.54) is 11.1 Å². The fourth-order valence-electron chi connectivity index (χ4n) is 13.9. The number of fused-ring (bicyclic) bond motifs is 4. The molecule has 2 aromatic carbocycles. The lowest BCUT2D eigenvalue weighted by molar-refractivity contribution is -0.148. The van der Waals surface area contributed by atoms with Gasteiger partial charge in [-0.25, -0.2) is 0 Å². The predicted octanol–water partition coefficient (Wildman–Crippen LogP) is 4.60. The van der Waals surface area contributed by atoms with Crippen LogP contribution in [0.3, 0.4) is 0 Å². The second kappa shape index (κ2) is 33.4. The summed E-state index contributed by atoms with van der Waals surface area (Å²) < 4.78 is 0. The first-order valence-electron chi connectivity index (χ1n) is 33.1. The van der Waals surface area contributed by atoms with Gasteiger partial charge in [-0.1, -0.05) is 74.2 Å². The first-order valence-corrected chi connectivity index (χ1v) is 33.1. The van der Waals surface area contributed by atoms with Crippen molar-refractivity contribution in [2.24, 2.45) is 0 Å². The molecule has 0 spiro atoms. The third-order valence-corrected chi connectivity index (χ3v) is 19.3. The highest BCUT2D eigenvalue weighted by Crippen LogP contribution is 2.33. The maximum absolute atomic E-state index is 14.6. The van der Waals surface area contributed by atoms with E-state index in [1.807, 2.05) is 24.3 Å². The summed E-state index contributed by atoms with van der Waals surface area (Å²) in [5.41, 5.74) is 4.80. The quantitative estimate of drug-likeness (QED) is 0.0483. The molecule has 4 fully saturated rings. The van der Waals surface area contributed by atoms with Crippen LogP contribution in [0.2, 0.25) is 0 Å². The highest BCUT2D eigenvalue weighted by Gasteiger charge is 2.46. The van der Waals surface area contributed by atoms with Crippen LogP contribution in [0, 0.1) is 0 Å². The van der Waals surface area contributed by atoms with E-state index in [0.717, 1.165) is 127 Å². The molecule has 6 aliphatic rings. The molecule has 2 aliphatic carbocycles. The van der Waals surface area contributed by atoms with Gasteiger partial charge in [-0.05, 0) is 179 Å². The molecule has 4 heterocycles. The molecule has 4 aliphatic heterocycles. The first-order chi connectivity index (χ1) is 41.7. The van der Waals surface area contributed by atoms with E-state index in [-0.39, 0.29) is 71.4 Å². The van der Waals surface area contributed by atoms with E-state index in [2.05, 4.69) is 76.6 Å². The molecule has 86 heavy (non-hydrogen) atoms. The summed E-state index contributed by atoms with van der Waals surface area (Å²) in [5, 5.41) is 24.7. The average Bonchev–Trinajstić information content (AvgIpc) is 1.84. The van der Waals surface area contributed by atoms with Crippen LogP contribution in [-0.4, -0.2) is 182 Å². The van der Waals surface area contributed by atoms with Gasteiger partial charge in [-0.2, -0.15) is 0 Å². The molecule has 0 radical (unpaired) electrons. The van der Waals surface area contributed by atoms with Crippen LogP contribution >= 0.6 is 0 Å². The highest BCUT2D eigenvalue weighted by molar-refractivity contribution is 5.95. The molecule has 2 aromatic rings. The van der Waals surface area contributed by atoms with Gasteiger partial charge < -0.3 is 52.3 Å². The Hall–Kier alpha value is -5.96. The number of nitrogens with one attached hydrogen (secondary N) is 8. The largest absolute Gasteiger partial charge is 0.356 e. The van der Waals surface area contributed by atoms with Crippen molar-refractivity contribution < 1.29 is 38.4 Å². The van der Waals surface area contributed by atoms with Crippen molar-refractivity contribution in [1.29, 1.82) is 0 Å². The van der Waals surface area contributed by atoms with Gasteiger partial charge in [-0.3, -0.25) is 48.2 Å². The number of likely N-dealkylation sites (N-methyl/N-ethyl adjacent to an activating group) is 2. The predicted molar refractivity (Wildman–Crippen MR) is 332 cm³/mol. The molecule has 10 atom stereocenters. The molecule has 0 saturated carbocycles. The maximum atomic E-state index is 14.6. The summed E-state index contributed by atoms with van der Waals surface area (Å²) in [6.45, 7) is 8.06. The molecular weight excluding hydrogens is 1090 g/mol. The smallest absolute Gasteiger partial charge is 0.245 e. The maximum Gasteiger partial charge on any atom is 0.245 e. The lowest BCUT2D eigenvalue weighted by Gasteiger charge is -2.44. The van der Waals surface area contributed by atoms with E-state index in [9.17, 15) is 38.4 Å². The highest BCUT2D eigenvalue weighted by atomic mass is 16.2. The Labute approximate surface area is 511 Å². The third-order valence-electron chi connectivity index (χ3n) is 19.3. The summed E-state index contributed by atoms with van der Waals surface area (Å²) in [4.78, 5) is 118. The number of carbonyl (C=O) groups is 8. The molecular formula is C66H102N12O8. The summed E-state index contributed by atoms with van der Waals surface area (Å²) in [5.74, 6) is -1.34. The number of amides is 8. The molecule has 10 unspecified atom stereocenters. The number of benzene rings is 2. The number of nitrogens with zero attached hydrogens (tertiary/aromatic N) is 4. The molecule has 8 N–H and O–H groups in total. The molecule has 8 rings (SSSR count). The van der Waals surface area contributed by atoms with Gasteiger partial charge in [0.25, 0.3) is 0 Å². The van der Waals surface area contributed by atoms with E-state index < -0.39 is 36.3 Å². The Balaban J connectivity index is 0.702. The van der Waals surface area contributed by atoms with Gasteiger partial charge >= 0.3 is 0 Å². The van der Waals surface area contributed by atoms with Crippen LogP contribution in [0.25, 0.3) is 0 Å². The standard InChI is InChI=1S/C66H102N12O8/c1-45(67-3)61(81)73-55(65(85)77-41-49-27-21-39-75(49)43-57(77)63(83)71-53-33-19-25-47-23-11-13-29-51(47)53)31-15-17-37-69-59(79)35-9-7-5-6-8-10-36-60(80)70-38-18-16-32-56(74-62(82)46(2)68-4)66(86)78-42-50-28-22-40-76(50)44-58(78)64(84)72-54-34-20-26-48-24-12-14-30-52(48)54/h11-14,23-24,29-30,45-46,49-50,53-58,67-68H,5-10,15-22,25-28,31-44H2,1-4H3,(H,69,79)(H,70,80)(H,71,83)(H,72,84)(H,73,81)(H,74,82). The minimum Gasteiger partial charge on any atom is -0.356 e. The van der Waals surface area contributed by atoms with E-state index in [4.69, 9.17) is 0 Å². The average molecular weight is 1190 g/mol. The zero-order valence-electron chi connectivity index (χ0n) is 52.1. The van der Waals surface area contributed by atoms with E-state index in [1.54, 1.807) is 37.7 Å². The SMILES string of the molecule is CNC(C)C(=O)NC(CCCCNC(=O)CCCCCCCCC(=O)NCCCCC(NC(=O)C(C)NC)C(=O)N1CC2CCCN2CC1C(=O)NC1CCCc2ccccc21)C(=O)N1CC2CCCN2CC1C(=O)NC1CCCc2ccccc21. The molecule has 20 heteroatoms. The van der Waals surface area contributed by atoms with Gasteiger partial charge in [0, 0.05) is 64.2 Å². The van der Waals surface area contributed by atoms with Gasteiger partial charge in [0.2, 0.25) is 47.3 Å². The molecule has 20 nitrogen and oxygen atoms in total. The summed E-state index contributed by atoms with van der Waals surface area (Å²) >= 11 is 0.